The maximum Gasteiger partial charge on any atom is 0.416 e. The molecule has 0 aliphatic carbocycles. The summed E-state index contributed by atoms with van der Waals surface area (Å²) in [5.41, 5.74) is -0.435. The van der Waals surface area contributed by atoms with E-state index >= 15 is 0 Å². The molecule has 2 rings (SSSR count). The van der Waals surface area contributed by atoms with E-state index in [0.29, 0.717) is 11.3 Å². The van der Waals surface area contributed by atoms with E-state index in [4.69, 9.17) is 9.15 Å². The zero-order valence-corrected chi connectivity index (χ0v) is 11.7. The Morgan fingerprint density at radius 2 is 2.05 bits per heavy atom. The summed E-state index contributed by atoms with van der Waals surface area (Å²) in [4.78, 5) is 11.2. The van der Waals surface area contributed by atoms with Crippen molar-refractivity contribution < 1.29 is 27.1 Å². The van der Waals surface area contributed by atoms with Crippen LogP contribution in [0, 0.1) is 0 Å². The molecule has 6 heteroatoms. The molecular formula is C16H13F3O3. The highest BCUT2D eigenvalue weighted by molar-refractivity contribution is 5.86. The predicted molar refractivity (Wildman–Crippen MR) is 74.8 cm³/mol. The molecule has 0 saturated carbocycles. The lowest BCUT2D eigenvalue weighted by Gasteiger charge is -2.07. The predicted octanol–water partition coefficient (Wildman–Crippen LogP) is 4.54. The number of esters is 1. The molecule has 0 radical (unpaired) electrons. The zero-order valence-electron chi connectivity index (χ0n) is 11.7. The number of carbonyl (C=O) groups is 1. The van der Waals surface area contributed by atoms with Crippen LogP contribution in [0.4, 0.5) is 13.2 Å². The molecule has 116 valence electrons. The van der Waals surface area contributed by atoms with Gasteiger partial charge in [0.25, 0.3) is 0 Å². The summed E-state index contributed by atoms with van der Waals surface area (Å²) in [7, 11) is 0. The van der Waals surface area contributed by atoms with Crippen molar-refractivity contribution in [3.05, 3.63) is 53.8 Å². The van der Waals surface area contributed by atoms with Crippen LogP contribution in [-0.4, -0.2) is 12.6 Å². The van der Waals surface area contributed by atoms with Crippen molar-refractivity contribution in [2.24, 2.45) is 0 Å². The smallest absolute Gasteiger partial charge is 0.416 e. The van der Waals surface area contributed by atoms with Crippen LogP contribution >= 0.6 is 0 Å². The lowest BCUT2D eigenvalue weighted by atomic mass is 10.1. The normalized spacial score (nSPS) is 11.8. The molecule has 0 spiro atoms. The Balaban J connectivity index is 2.20. The maximum atomic E-state index is 12.7. The first kappa shape index (κ1) is 15.9. The molecule has 0 bridgehead atoms. The molecule has 22 heavy (non-hydrogen) atoms. The summed E-state index contributed by atoms with van der Waals surface area (Å²) in [5, 5.41) is 0. The first-order chi connectivity index (χ1) is 10.4. The monoisotopic (exact) mass is 310 g/mol. The summed E-state index contributed by atoms with van der Waals surface area (Å²) in [6, 6.07) is 7.94. The van der Waals surface area contributed by atoms with Gasteiger partial charge in [0, 0.05) is 11.6 Å². The summed E-state index contributed by atoms with van der Waals surface area (Å²) in [6.07, 6.45) is -1.82. The van der Waals surface area contributed by atoms with Crippen LogP contribution in [0.1, 0.15) is 18.2 Å². The average molecular weight is 310 g/mol. The van der Waals surface area contributed by atoms with Crippen LogP contribution in [0.5, 0.6) is 0 Å². The lowest BCUT2D eigenvalue weighted by molar-refractivity contribution is -0.138. The van der Waals surface area contributed by atoms with Gasteiger partial charge >= 0.3 is 12.1 Å². The number of hydrogen-bond donors (Lipinski definition) is 0. The maximum absolute atomic E-state index is 12.7. The molecule has 2 aromatic rings. The van der Waals surface area contributed by atoms with E-state index in [2.05, 4.69) is 0 Å². The van der Waals surface area contributed by atoms with Gasteiger partial charge in [-0.25, -0.2) is 4.79 Å². The number of rotatable bonds is 4. The topological polar surface area (TPSA) is 39.4 Å². The van der Waals surface area contributed by atoms with Crippen LogP contribution in [0.25, 0.3) is 17.4 Å². The highest BCUT2D eigenvalue weighted by Gasteiger charge is 2.30. The molecule has 0 fully saturated rings. The molecule has 0 aliphatic heterocycles. The second-order valence-electron chi connectivity index (χ2n) is 4.37. The summed E-state index contributed by atoms with van der Waals surface area (Å²) >= 11 is 0. The van der Waals surface area contributed by atoms with Gasteiger partial charge in [-0.05, 0) is 37.3 Å². The summed E-state index contributed by atoms with van der Waals surface area (Å²) in [5.74, 6) is 0.120. The highest BCUT2D eigenvalue weighted by atomic mass is 19.4. The second kappa shape index (κ2) is 6.51. The van der Waals surface area contributed by atoms with E-state index in [9.17, 15) is 18.0 Å². The molecule has 1 heterocycles. The number of alkyl halides is 3. The molecule has 0 atom stereocenters. The van der Waals surface area contributed by atoms with Crippen molar-refractivity contribution in [3.63, 3.8) is 0 Å². The van der Waals surface area contributed by atoms with Gasteiger partial charge in [0.2, 0.25) is 0 Å². The number of furan rings is 1. The van der Waals surface area contributed by atoms with E-state index in [1.54, 1.807) is 19.1 Å². The quantitative estimate of drug-likeness (QED) is 0.614. The number of halogens is 3. The van der Waals surface area contributed by atoms with Crippen LogP contribution in [0.3, 0.4) is 0 Å². The average Bonchev–Trinajstić information content (AvgIpc) is 2.94. The van der Waals surface area contributed by atoms with E-state index < -0.39 is 17.7 Å². The first-order valence-corrected chi connectivity index (χ1v) is 6.52. The fourth-order valence-electron chi connectivity index (χ4n) is 1.79. The van der Waals surface area contributed by atoms with E-state index in [-0.39, 0.29) is 12.4 Å². The fraction of sp³-hybridized carbons (Fsp3) is 0.188. The standard InChI is InChI=1S/C16H13F3O3/c1-2-21-15(20)9-7-13-6-8-14(22-13)11-4-3-5-12(10-11)16(17,18)19/h3-10H,2H2,1H3/b9-7+. The zero-order chi connectivity index (χ0) is 16.2. The Labute approximate surface area is 125 Å². The van der Waals surface area contributed by atoms with Gasteiger partial charge < -0.3 is 9.15 Å². The van der Waals surface area contributed by atoms with Crippen molar-refractivity contribution in [1.82, 2.24) is 0 Å². The third-order valence-electron chi connectivity index (χ3n) is 2.77. The van der Waals surface area contributed by atoms with Gasteiger partial charge in [-0.3, -0.25) is 0 Å². The number of ether oxygens (including phenoxy) is 1. The van der Waals surface area contributed by atoms with Crippen molar-refractivity contribution in [2.45, 2.75) is 13.1 Å². The number of carbonyl (C=O) groups excluding carboxylic acids is 1. The summed E-state index contributed by atoms with van der Waals surface area (Å²) < 4.78 is 48.2. The molecule has 0 saturated heterocycles. The number of benzene rings is 1. The third-order valence-corrected chi connectivity index (χ3v) is 2.77. The molecule has 1 aromatic carbocycles. The molecule has 0 unspecified atom stereocenters. The van der Waals surface area contributed by atoms with Crippen molar-refractivity contribution >= 4 is 12.0 Å². The van der Waals surface area contributed by atoms with Gasteiger partial charge in [-0.1, -0.05) is 12.1 Å². The van der Waals surface area contributed by atoms with Crippen molar-refractivity contribution in [1.29, 1.82) is 0 Å². The van der Waals surface area contributed by atoms with Crippen LogP contribution in [0.15, 0.2) is 46.9 Å². The van der Waals surface area contributed by atoms with Gasteiger partial charge in [0.05, 0.1) is 12.2 Å². The first-order valence-electron chi connectivity index (χ1n) is 6.52. The number of hydrogen-bond acceptors (Lipinski definition) is 3. The Kier molecular flexibility index (Phi) is 4.70. The largest absolute Gasteiger partial charge is 0.463 e. The third kappa shape index (κ3) is 4.00. The van der Waals surface area contributed by atoms with Crippen LogP contribution in [0.2, 0.25) is 0 Å². The minimum Gasteiger partial charge on any atom is -0.463 e. The highest BCUT2D eigenvalue weighted by Crippen LogP contribution is 2.32. The molecule has 1 aromatic heterocycles. The lowest BCUT2D eigenvalue weighted by Crippen LogP contribution is -2.04. The van der Waals surface area contributed by atoms with Crippen LogP contribution < -0.4 is 0 Å². The molecule has 0 aliphatic rings. The minimum atomic E-state index is -4.41. The Morgan fingerprint density at radius 3 is 2.73 bits per heavy atom. The van der Waals surface area contributed by atoms with Crippen LogP contribution in [-0.2, 0) is 15.7 Å². The minimum absolute atomic E-state index is 0.261. The van der Waals surface area contributed by atoms with Gasteiger partial charge in [-0.2, -0.15) is 13.2 Å². The fourth-order valence-corrected chi connectivity index (χ4v) is 1.79. The Hall–Kier alpha value is -2.50. The van der Waals surface area contributed by atoms with Gasteiger partial charge in [0.15, 0.2) is 0 Å². The van der Waals surface area contributed by atoms with Crippen molar-refractivity contribution in [3.8, 4) is 11.3 Å². The molecule has 0 amide bonds. The molecule has 0 N–H and O–H groups in total. The van der Waals surface area contributed by atoms with E-state index in [0.717, 1.165) is 12.1 Å². The summed E-state index contributed by atoms with van der Waals surface area (Å²) in [6.45, 7) is 1.95. The molecule has 3 nitrogen and oxygen atoms in total. The van der Waals surface area contributed by atoms with E-state index in [1.807, 2.05) is 0 Å². The SMILES string of the molecule is CCOC(=O)/C=C/c1ccc(-c2cccc(C(F)(F)F)c2)o1. The second-order valence-corrected chi connectivity index (χ2v) is 4.37. The van der Waals surface area contributed by atoms with Crippen molar-refractivity contribution in [2.75, 3.05) is 6.61 Å². The molecular weight excluding hydrogens is 297 g/mol. The Morgan fingerprint density at radius 1 is 1.27 bits per heavy atom. The van der Waals surface area contributed by atoms with E-state index in [1.165, 1.54) is 24.3 Å². The Bertz CT molecular complexity index is 684. The van der Waals surface area contributed by atoms with Gasteiger partial charge in [0.1, 0.15) is 11.5 Å². The van der Waals surface area contributed by atoms with Gasteiger partial charge in [-0.15, -0.1) is 0 Å².